The number of para-hydroxylation sites is 2. The van der Waals surface area contributed by atoms with Gasteiger partial charge in [0.1, 0.15) is 5.01 Å². The highest BCUT2D eigenvalue weighted by atomic mass is 32.1. The number of carbonyl (C=O) groups excluding carboxylic acids is 1. The zero-order chi connectivity index (χ0) is 18.1. The van der Waals surface area contributed by atoms with Crippen molar-refractivity contribution in [1.29, 1.82) is 0 Å². The number of likely N-dealkylation sites (tertiary alicyclic amines) is 1. The van der Waals surface area contributed by atoms with E-state index < -0.39 is 0 Å². The van der Waals surface area contributed by atoms with Crippen molar-refractivity contribution in [2.75, 3.05) is 18.4 Å². The maximum atomic E-state index is 12.7. The number of benzene rings is 2. The number of nitrogens with one attached hydrogen (secondary N) is 1. The third-order valence-corrected chi connectivity index (χ3v) is 6.19. The predicted molar refractivity (Wildman–Crippen MR) is 108 cm³/mol. The topological polar surface area (TPSA) is 45.2 Å². The standard InChI is InChI=1S/C21H23N3OS/c1-14-7-5-8-15(2)20(14)23-19(25)13-24-12-6-10-17(24)21-22-16-9-3-4-11-18(16)26-21/h3-5,7-9,11,17H,6,10,12-13H2,1-2H3,(H,23,25)/t17-/m0/s1. The highest BCUT2D eigenvalue weighted by molar-refractivity contribution is 7.18. The normalized spacial score (nSPS) is 17.7. The first-order chi connectivity index (χ1) is 12.6. The molecular formula is C21H23N3OS. The second-order valence-electron chi connectivity index (χ2n) is 6.96. The number of anilines is 1. The van der Waals surface area contributed by atoms with Gasteiger partial charge in [-0.25, -0.2) is 4.98 Å². The van der Waals surface area contributed by atoms with E-state index in [-0.39, 0.29) is 11.9 Å². The molecule has 1 fully saturated rings. The zero-order valence-electron chi connectivity index (χ0n) is 15.2. The van der Waals surface area contributed by atoms with Gasteiger partial charge in [-0.05, 0) is 56.5 Å². The quantitative estimate of drug-likeness (QED) is 0.729. The molecule has 0 spiro atoms. The van der Waals surface area contributed by atoms with E-state index >= 15 is 0 Å². The number of rotatable bonds is 4. The Morgan fingerprint density at radius 1 is 1.19 bits per heavy atom. The fraction of sp³-hybridized carbons (Fsp3) is 0.333. The molecule has 0 aliphatic carbocycles. The van der Waals surface area contributed by atoms with Gasteiger partial charge in [0.05, 0.1) is 22.8 Å². The molecule has 0 saturated carbocycles. The van der Waals surface area contributed by atoms with E-state index in [4.69, 9.17) is 4.98 Å². The SMILES string of the molecule is Cc1cccc(C)c1NC(=O)CN1CCC[C@H]1c1nc2ccccc2s1. The van der Waals surface area contributed by atoms with Crippen LogP contribution in [-0.2, 0) is 4.79 Å². The smallest absolute Gasteiger partial charge is 0.238 e. The number of nitrogens with zero attached hydrogens (tertiary/aromatic N) is 2. The van der Waals surface area contributed by atoms with Crippen LogP contribution in [0.3, 0.4) is 0 Å². The van der Waals surface area contributed by atoms with E-state index in [1.165, 1.54) is 4.70 Å². The Hall–Kier alpha value is -2.24. The van der Waals surface area contributed by atoms with Crippen molar-refractivity contribution in [1.82, 2.24) is 9.88 Å². The lowest BCUT2D eigenvalue weighted by Crippen LogP contribution is -2.33. The number of aryl methyl sites for hydroxylation is 2. The van der Waals surface area contributed by atoms with Crippen LogP contribution < -0.4 is 5.32 Å². The van der Waals surface area contributed by atoms with Crippen LogP contribution in [0.2, 0.25) is 0 Å². The molecule has 1 aliphatic heterocycles. The van der Waals surface area contributed by atoms with Crippen molar-refractivity contribution >= 4 is 33.1 Å². The minimum atomic E-state index is 0.0513. The Bertz CT molecular complexity index is 896. The second kappa shape index (κ2) is 7.17. The number of aromatic nitrogens is 1. The number of hydrogen-bond donors (Lipinski definition) is 1. The summed E-state index contributed by atoms with van der Waals surface area (Å²) in [5, 5.41) is 4.23. The Kier molecular flexibility index (Phi) is 4.74. The predicted octanol–water partition coefficient (Wildman–Crippen LogP) is 4.69. The van der Waals surface area contributed by atoms with E-state index in [0.717, 1.165) is 46.7 Å². The minimum absolute atomic E-state index is 0.0513. The van der Waals surface area contributed by atoms with Gasteiger partial charge < -0.3 is 5.32 Å². The molecule has 0 bridgehead atoms. The van der Waals surface area contributed by atoms with Gasteiger partial charge in [0.25, 0.3) is 0 Å². The van der Waals surface area contributed by atoms with Crippen LogP contribution in [0.25, 0.3) is 10.2 Å². The summed E-state index contributed by atoms with van der Waals surface area (Å²) in [4.78, 5) is 19.7. The monoisotopic (exact) mass is 365 g/mol. The largest absolute Gasteiger partial charge is 0.324 e. The lowest BCUT2D eigenvalue weighted by molar-refractivity contribution is -0.117. The van der Waals surface area contributed by atoms with Crippen molar-refractivity contribution < 1.29 is 4.79 Å². The van der Waals surface area contributed by atoms with Gasteiger partial charge in [-0.15, -0.1) is 11.3 Å². The average Bonchev–Trinajstić information content (AvgIpc) is 3.24. The third-order valence-electron chi connectivity index (χ3n) is 5.05. The van der Waals surface area contributed by atoms with Crippen molar-refractivity contribution in [2.24, 2.45) is 0 Å². The third kappa shape index (κ3) is 3.37. The summed E-state index contributed by atoms with van der Waals surface area (Å²) >= 11 is 1.75. The second-order valence-corrected chi connectivity index (χ2v) is 8.03. The van der Waals surface area contributed by atoms with Crippen molar-refractivity contribution in [2.45, 2.75) is 32.7 Å². The summed E-state index contributed by atoms with van der Waals surface area (Å²) < 4.78 is 1.22. The van der Waals surface area contributed by atoms with E-state index in [2.05, 4.69) is 28.4 Å². The van der Waals surface area contributed by atoms with Crippen LogP contribution >= 0.6 is 11.3 Å². The average molecular weight is 366 g/mol. The van der Waals surface area contributed by atoms with E-state index in [9.17, 15) is 4.79 Å². The van der Waals surface area contributed by atoms with E-state index in [1.54, 1.807) is 11.3 Å². The molecule has 1 aliphatic rings. The van der Waals surface area contributed by atoms with Gasteiger partial charge in [-0.3, -0.25) is 9.69 Å². The lowest BCUT2D eigenvalue weighted by Gasteiger charge is -2.22. The van der Waals surface area contributed by atoms with Crippen molar-refractivity contribution in [3.05, 3.63) is 58.6 Å². The molecule has 2 aromatic carbocycles. The Labute approximate surface area is 157 Å². The number of thiazole rings is 1. The fourth-order valence-corrected chi connectivity index (χ4v) is 4.84. The molecule has 1 saturated heterocycles. The minimum Gasteiger partial charge on any atom is -0.324 e. The summed E-state index contributed by atoms with van der Waals surface area (Å²) in [5.41, 5.74) is 4.19. The van der Waals surface area contributed by atoms with Crippen LogP contribution in [0.1, 0.15) is 35.0 Å². The molecule has 1 atom stereocenters. The molecule has 0 unspecified atom stereocenters. The van der Waals surface area contributed by atoms with Gasteiger partial charge >= 0.3 is 0 Å². The number of fused-ring (bicyclic) bond motifs is 1. The molecule has 134 valence electrons. The molecule has 1 aromatic heterocycles. The number of carbonyl (C=O) groups is 1. The first-order valence-electron chi connectivity index (χ1n) is 9.07. The summed E-state index contributed by atoms with van der Waals surface area (Å²) in [5.74, 6) is 0.0513. The summed E-state index contributed by atoms with van der Waals surface area (Å²) in [6.45, 7) is 5.42. The number of amides is 1. The number of hydrogen-bond acceptors (Lipinski definition) is 4. The van der Waals surface area contributed by atoms with Crippen LogP contribution in [-0.4, -0.2) is 28.9 Å². The van der Waals surface area contributed by atoms with Gasteiger partial charge in [0.2, 0.25) is 5.91 Å². The van der Waals surface area contributed by atoms with Crippen LogP contribution in [0.15, 0.2) is 42.5 Å². The van der Waals surface area contributed by atoms with Gasteiger partial charge in [0.15, 0.2) is 0 Å². The molecule has 26 heavy (non-hydrogen) atoms. The Morgan fingerprint density at radius 2 is 1.96 bits per heavy atom. The Morgan fingerprint density at radius 3 is 2.73 bits per heavy atom. The first kappa shape index (κ1) is 17.2. The maximum Gasteiger partial charge on any atom is 0.238 e. The van der Waals surface area contributed by atoms with Crippen molar-refractivity contribution in [3.8, 4) is 0 Å². The molecule has 4 rings (SSSR count). The van der Waals surface area contributed by atoms with E-state index in [0.29, 0.717) is 6.54 Å². The first-order valence-corrected chi connectivity index (χ1v) is 9.89. The highest BCUT2D eigenvalue weighted by Gasteiger charge is 2.30. The summed E-state index contributed by atoms with van der Waals surface area (Å²) in [7, 11) is 0. The highest BCUT2D eigenvalue weighted by Crippen LogP contribution is 2.36. The molecule has 5 heteroatoms. The van der Waals surface area contributed by atoms with Gasteiger partial charge in [-0.1, -0.05) is 30.3 Å². The summed E-state index contributed by atoms with van der Waals surface area (Å²) in [6.07, 6.45) is 2.17. The molecule has 4 nitrogen and oxygen atoms in total. The van der Waals surface area contributed by atoms with Crippen LogP contribution in [0.5, 0.6) is 0 Å². The Balaban J connectivity index is 1.49. The maximum absolute atomic E-state index is 12.7. The van der Waals surface area contributed by atoms with Gasteiger partial charge in [-0.2, -0.15) is 0 Å². The van der Waals surface area contributed by atoms with Crippen molar-refractivity contribution in [3.63, 3.8) is 0 Å². The molecular weight excluding hydrogens is 342 g/mol. The van der Waals surface area contributed by atoms with Crippen LogP contribution in [0, 0.1) is 13.8 Å². The molecule has 0 radical (unpaired) electrons. The molecule has 3 aromatic rings. The lowest BCUT2D eigenvalue weighted by atomic mass is 10.1. The fourth-order valence-electron chi connectivity index (χ4n) is 3.70. The molecule has 1 amide bonds. The van der Waals surface area contributed by atoms with Crippen LogP contribution in [0.4, 0.5) is 5.69 Å². The van der Waals surface area contributed by atoms with E-state index in [1.807, 2.05) is 38.1 Å². The molecule has 2 heterocycles. The zero-order valence-corrected chi connectivity index (χ0v) is 16.0. The molecule has 1 N–H and O–H groups in total. The summed E-state index contributed by atoms with van der Waals surface area (Å²) in [6, 6.07) is 14.6. The van der Waals surface area contributed by atoms with Gasteiger partial charge in [0, 0.05) is 5.69 Å².